The number of rotatable bonds is 2. The summed E-state index contributed by atoms with van der Waals surface area (Å²) < 4.78 is 5.58. The van der Waals surface area contributed by atoms with E-state index in [0.717, 1.165) is 23.6 Å². The van der Waals surface area contributed by atoms with Crippen molar-refractivity contribution in [2.24, 2.45) is 0 Å². The first-order valence-electron chi connectivity index (χ1n) is 7.51. The minimum Gasteiger partial charge on any atom is -0.507 e. The lowest BCUT2D eigenvalue weighted by molar-refractivity contribution is -0.128. The lowest BCUT2D eigenvalue weighted by Gasteiger charge is -2.21. The third-order valence-corrected chi connectivity index (χ3v) is 5.10. The third kappa shape index (κ3) is 1.93. The van der Waals surface area contributed by atoms with E-state index in [2.05, 4.69) is 19.6 Å². The van der Waals surface area contributed by atoms with E-state index in [0.29, 0.717) is 21.5 Å². The Balaban J connectivity index is 2.08. The summed E-state index contributed by atoms with van der Waals surface area (Å²) >= 11 is 6.08. The smallest absolute Gasteiger partial charge is 0.335 e. The number of benzene rings is 2. The van der Waals surface area contributed by atoms with Crippen LogP contribution in [0.5, 0.6) is 11.5 Å². The molecule has 2 aliphatic carbocycles. The molecule has 2 aromatic carbocycles. The van der Waals surface area contributed by atoms with Gasteiger partial charge in [-0.1, -0.05) is 29.8 Å². The second kappa shape index (κ2) is 4.87. The van der Waals surface area contributed by atoms with Gasteiger partial charge >= 0.3 is 5.97 Å². The van der Waals surface area contributed by atoms with E-state index in [1.54, 1.807) is 18.2 Å². The van der Waals surface area contributed by atoms with Gasteiger partial charge in [0.1, 0.15) is 11.5 Å². The summed E-state index contributed by atoms with van der Waals surface area (Å²) in [4.78, 5) is 11.8. The molecule has 2 bridgehead atoms. The molecule has 0 aromatic heterocycles. The van der Waals surface area contributed by atoms with E-state index in [4.69, 9.17) is 16.3 Å². The van der Waals surface area contributed by atoms with Crippen LogP contribution in [-0.2, 0) is 4.79 Å². The van der Waals surface area contributed by atoms with Gasteiger partial charge in [0.25, 0.3) is 0 Å². The van der Waals surface area contributed by atoms with Gasteiger partial charge in [-0.2, -0.15) is 0 Å². The fourth-order valence-corrected chi connectivity index (χ4v) is 4.08. The molecule has 0 heterocycles. The van der Waals surface area contributed by atoms with Crippen LogP contribution < -0.4 is 4.74 Å². The Morgan fingerprint density at radius 3 is 2.91 bits per heavy atom. The monoisotopic (exact) mass is 326 g/mol. The maximum Gasteiger partial charge on any atom is 0.335 e. The molecule has 0 radical (unpaired) electrons. The highest BCUT2D eigenvalue weighted by Crippen LogP contribution is 2.60. The minimum absolute atomic E-state index is 0.166. The summed E-state index contributed by atoms with van der Waals surface area (Å²) in [5.41, 5.74) is 3.05. The average Bonchev–Trinajstić information content (AvgIpc) is 3.08. The number of phenolic OH excluding ortho intramolecular Hbond substituents is 1. The fourth-order valence-electron chi connectivity index (χ4n) is 3.91. The number of fused-ring (bicyclic) bond motifs is 6. The predicted molar refractivity (Wildman–Crippen MR) is 90.3 cm³/mol. The molecule has 2 atom stereocenters. The molecule has 2 unspecified atom stereocenters. The number of aromatic hydroxyl groups is 1. The van der Waals surface area contributed by atoms with Gasteiger partial charge in [-0.3, -0.25) is 0 Å². The van der Waals surface area contributed by atoms with Crippen LogP contribution in [0.15, 0.2) is 42.5 Å². The van der Waals surface area contributed by atoms with Crippen molar-refractivity contribution in [2.45, 2.75) is 25.2 Å². The van der Waals surface area contributed by atoms with Crippen LogP contribution in [0.2, 0.25) is 5.02 Å². The normalized spacial score (nSPS) is 21.2. The van der Waals surface area contributed by atoms with Gasteiger partial charge in [0.15, 0.2) is 0 Å². The van der Waals surface area contributed by atoms with E-state index < -0.39 is 5.97 Å². The van der Waals surface area contributed by atoms with E-state index in [1.165, 1.54) is 5.57 Å². The van der Waals surface area contributed by atoms with Crippen molar-refractivity contribution in [1.82, 2.24) is 0 Å². The SMILES string of the molecule is C=CC(=O)Oc1c2c(c(O)c3cc(Cl)ccc13)C1C=C(C)C2C1. The van der Waals surface area contributed by atoms with Crippen LogP contribution in [-0.4, -0.2) is 11.1 Å². The molecule has 2 aliphatic rings. The molecule has 0 saturated heterocycles. The zero-order valence-electron chi connectivity index (χ0n) is 12.6. The van der Waals surface area contributed by atoms with Crippen LogP contribution in [0.25, 0.3) is 10.8 Å². The van der Waals surface area contributed by atoms with E-state index in [-0.39, 0.29) is 17.6 Å². The van der Waals surface area contributed by atoms with Gasteiger partial charge in [0, 0.05) is 44.8 Å². The molecular weight excluding hydrogens is 312 g/mol. The summed E-state index contributed by atoms with van der Waals surface area (Å²) in [5.74, 6) is 0.619. The molecule has 2 aromatic rings. The van der Waals surface area contributed by atoms with Crippen molar-refractivity contribution in [3.05, 3.63) is 58.7 Å². The molecule has 23 heavy (non-hydrogen) atoms. The molecular formula is C19H15ClO3. The number of phenols is 1. The molecule has 116 valence electrons. The second-order valence-corrected chi connectivity index (χ2v) is 6.56. The molecule has 4 rings (SSSR count). The molecule has 0 spiro atoms. The summed E-state index contributed by atoms with van der Waals surface area (Å²) in [6.45, 7) is 5.55. The number of carbonyl (C=O) groups excluding carboxylic acids is 1. The molecule has 0 aliphatic heterocycles. The number of esters is 1. The minimum atomic E-state index is -0.501. The molecule has 1 N–H and O–H groups in total. The standard InChI is InChI=1S/C19H15ClO3/c1-3-15(21)23-19-12-5-4-11(20)8-14(12)18(22)16-10-6-9(2)13(7-10)17(16)19/h3-6,8,10,13,22H,1,7H2,2H3. The molecule has 4 heteroatoms. The lowest BCUT2D eigenvalue weighted by atomic mass is 9.87. The van der Waals surface area contributed by atoms with Gasteiger partial charge < -0.3 is 9.84 Å². The molecule has 0 fully saturated rings. The Hall–Kier alpha value is -2.26. The van der Waals surface area contributed by atoms with Crippen LogP contribution >= 0.6 is 11.6 Å². The highest BCUT2D eigenvalue weighted by atomic mass is 35.5. The fraction of sp³-hybridized carbons (Fsp3) is 0.211. The molecule has 3 nitrogen and oxygen atoms in total. The van der Waals surface area contributed by atoms with Crippen molar-refractivity contribution >= 4 is 28.3 Å². The Labute approximate surface area is 138 Å². The van der Waals surface area contributed by atoms with Crippen LogP contribution in [0.1, 0.15) is 36.3 Å². The Morgan fingerprint density at radius 2 is 2.17 bits per heavy atom. The van der Waals surface area contributed by atoms with E-state index >= 15 is 0 Å². The largest absolute Gasteiger partial charge is 0.507 e. The first-order chi connectivity index (χ1) is 11.0. The quantitative estimate of drug-likeness (QED) is 0.372. The number of halogens is 1. The number of hydrogen-bond acceptors (Lipinski definition) is 3. The second-order valence-electron chi connectivity index (χ2n) is 6.13. The van der Waals surface area contributed by atoms with Crippen LogP contribution in [0.3, 0.4) is 0 Å². The third-order valence-electron chi connectivity index (χ3n) is 4.86. The number of hydrogen-bond donors (Lipinski definition) is 1. The lowest BCUT2D eigenvalue weighted by Crippen LogP contribution is -2.09. The Kier molecular flexibility index (Phi) is 3.03. The van der Waals surface area contributed by atoms with Crippen molar-refractivity contribution in [2.75, 3.05) is 0 Å². The summed E-state index contributed by atoms with van der Waals surface area (Å²) in [5, 5.41) is 12.6. The number of carbonyl (C=O) groups is 1. The maximum absolute atomic E-state index is 11.8. The van der Waals surface area contributed by atoms with Crippen LogP contribution in [0, 0.1) is 0 Å². The van der Waals surface area contributed by atoms with E-state index in [1.807, 2.05) is 0 Å². The summed E-state index contributed by atoms with van der Waals surface area (Å²) in [7, 11) is 0. The van der Waals surface area contributed by atoms with Crippen molar-refractivity contribution < 1.29 is 14.6 Å². The Morgan fingerprint density at radius 1 is 1.39 bits per heavy atom. The zero-order chi connectivity index (χ0) is 16.3. The van der Waals surface area contributed by atoms with E-state index in [9.17, 15) is 9.90 Å². The number of ether oxygens (including phenoxy) is 1. The maximum atomic E-state index is 11.8. The average molecular weight is 327 g/mol. The first kappa shape index (κ1) is 14.3. The van der Waals surface area contributed by atoms with Gasteiger partial charge in [0.2, 0.25) is 0 Å². The Bertz CT molecular complexity index is 911. The van der Waals surface area contributed by atoms with Crippen LogP contribution in [0.4, 0.5) is 0 Å². The highest BCUT2D eigenvalue weighted by Gasteiger charge is 2.42. The summed E-state index contributed by atoms with van der Waals surface area (Å²) in [6.07, 6.45) is 4.25. The van der Waals surface area contributed by atoms with Crippen molar-refractivity contribution in [3.63, 3.8) is 0 Å². The van der Waals surface area contributed by atoms with Crippen molar-refractivity contribution in [1.29, 1.82) is 0 Å². The van der Waals surface area contributed by atoms with Gasteiger partial charge in [-0.15, -0.1) is 0 Å². The van der Waals surface area contributed by atoms with Crippen molar-refractivity contribution in [3.8, 4) is 11.5 Å². The van der Waals surface area contributed by atoms with Gasteiger partial charge in [0.05, 0.1) is 0 Å². The number of allylic oxidation sites excluding steroid dienone is 2. The van der Waals surface area contributed by atoms with Gasteiger partial charge in [-0.05, 0) is 31.5 Å². The molecule has 0 amide bonds. The van der Waals surface area contributed by atoms with Gasteiger partial charge in [-0.25, -0.2) is 4.79 Å². The summed E-state index contributed by atoms with van der Waals surface area (Å²) in [6, 6.07) is 5.23. The highest BCUT2D eigenvalue weighted by molar-refractivity contribution is 6.31. The predicted octanol–water partition coefficient (Wildman–Crippen LogP) is 4.82. The zero-order valence-corrected chi connectivity index (χ0v) is 13.4. The topological polar surface area (TPSA) is 46.5 Å². The first-order valence-corrected chi connectivity index (χ1v) is 7.89. The molecule has 0 saturated carbocycles.